The van der Waals surface area contributed by atoms with E-state index in [1.54, 1.807) is 0 Å². The van der Waals surface area contributed by atoms with Crippen molar-refractivity contribution >= 4 is 5.91 Å². The minimum atomic E-state index is -0.252. The van der Waals surface area contributed by atoms with Crippen LogP contribution in [0.1, 0.15) is 53.4 Å². The summed E-state index contributed by atoms with van der Waals surface area (Å²) in [4.78, 5) is 18.4. The first-order valence-electron chi connectivity index (χ1n) is 9.06. The Labute approximate surface area is 150 Å². The van der Waals surface area contributed by atoms with E-state index in [4.69, 9.17) is 10.7 Å². The molecule has 4 heteroatoms. The molecule has 1 saturated heterocycles. The summed E-state index contributed by atoms with van der Waals surface area (Å²) < 4.78 is 0. The molecule has 1 fully saturated rings. The molecular weight excluding hydrogens is 310 g/mol. The van der Waals surface area contributed by atoms with E-state index in [0.29, 0.717) is 18.9 Å². The molecule has 1 aliphatic heterocycles. The van der Waals surface area contributed by atoms with Gasteiger partial charge >= 0.3 is 0 Å². The van der Waals surface area contributed by atoms with E-state index < -0.39 is 0 Å². The van der Waals surface area contributed by atoms with E-state index in [0.717, 1.165) is 36.5 Å². The third-order valence-electron chi connectivity index (χ3n) is 4.87. The van der Waals surface area contributed by atoms with E-state index in [1.165, 1.54) is 17.5 Å². The second kappa shape index (κ2) is 7.79. The Morgan fingerprint density at radius 2 is 2.08 bits per heavy atom. The zero-order valence-electron chi connectivity index (χ0n) is 15.2. The average Bonchev–Trinajstić information content (AvgIpc) is 3.00. The lowest BCUT2D eigenvalue weighted by Crippen LogP contribution is -2.24. The van der Waals surface area contributed by atoms with Crippen LogP contribution in [-0.4, -0.2) is 22.3 Å². The highest BCUT2D eigenvalue weighted by Gasteiger charge is 2.27. The van der Waals surface area contributed by atoms with Gasteiger partial charge in [0.15, 0.2) is 0 Å². The van der Waals surface area contributed by atoms with Crippen LogP contribution in [-0.2, 0) is 17.8 Å². The number of carbonyl (C=O) groups excluding carboxylic acids is 1. The van der Waals surface area contributed by atoms with Gasteiger partial charge < -0.3 is 5.73 Å². The maximum absolute atomic E-state index is 11.1. The molecule has 3 rings (SSSR count). The minimum absolute atomic E-state index is 0.252. The molecule has 4 nitrogen and oxygen atoms in total. The van der Waals surface area contributed by atoms with Crippen molar-refractivity contribution in [3.05, 3.63) is 64.5 Å². The van der Waals surface area contributed by atoms with Crippen molar-refractivity contribution in [3.8, 4) is 0 Å². The zero-order chi connectivity index (χ0) is 17.8. The molecular formula is C21H27N3O. The van der Waals surface area contributed by atoms with Crippen LogP contribution in [0.3, 0.4) is 0 Å². The number of aromatic nitrogens is 1. The van der Waals surface area contributed by atoms with Gasteiger partial charge in [-0.15, -0.1) is 0 Å². The van der Waals surface area contributed by atoms with Crippen LogP contribution in [0, 0.1) is 13.8 Å². The highest BCUT2D eigenvalue weighted by atomic mass is 16.1. The summed E-state index contributed by atoms with van der Waals surface area (Å²) in [5, 5.41) is 0. The maximum Gasteiger partial charge on any atom is 0.217 e. The van der Waals surface area contributed by atoms with Gasteiger partial charge in [-0.05, 0) is 62.9 Å². The predicted octanol–water partition coefficient (Wildman–Crippen LogP) is 3.45. The van der Waals surface area contributed by atoms with E-state index in [9.17, 15) is 4.79 Å². The van der Waals surface area contributed by atoms with Crippen molar-refractivity contribution in [1.82, 2.24) is 9.88 Å². The SMILES string of the molecule is Cc1cccc(CN2CCCC2c2cc(CCC(N)=O)cc(C)n2)c1. The molecule has 25 heavy (non-hydrogen) atoms. The third kappa shape index (κ3) is 4.67. The van der Waals surface area contributed by atoms with Gasteiger partial charge in [0.25, 0.3) is 0 Å². The standard InChI is InChI=1S/C21H27N3O/c1-15-5-3-6-18(11-15)14-24-10-4-7-20(24)19-13-17(8-9-21(22)25)12-16(2)23-19/h3,5-6,11-13,20H,4,7-10,14H2,1-2H3,(H2,22,25). The number of nitrogens with zero attached hydrogens (tertiary/aromatic N) is 2. The molecule has 0 spiro atoms. The Morgan fingerprint density at radius 3 is 2.84 bits per heavy atom. The number of primary amides is 1. The van der Waals surface area contributed by atoms with Crippen LogP contribution >= 0.6 is 0 Å². The summed E-state index contributed by atoms with van der Waals surface area (Å²) >= 11 is 0. The lowest BCUT2D eigenvalue weighted by Gasteiger charge is -2.25. The predicted molar refractivity (Wildman–Crippen MR) is 100 cm³/mol. The van der Waals surface area contributed by atoms with Crippen molar-refractivity contribution < 1.29 is 4.79 Å². The van der Waals surface area contributed by atoms with Gasteiger partial charge in [0.05, 0.1) is 11.7 Å². The Kier molecular flexibility index (Phi) is 5.49. The highest BCUT2D eigenvalue weighted by Crippen LogP contribution is 2.33. The Morgan fingerprint density at radius 1 is 1.24 bits per heavy atom. The Hall–Kier alpha value is -2.20. The van der Waals surface area contributed by atoms with Gasteiger partial charge in [-0.25, -0.2) is 0 Å². The molecule has 1 aliphatic rings. The topological polar surface area (TPSA) is 59.2 Å². The first kappa shape index (κ1) is 17.6. The molecule has 0 aliphatic carbocycles. The lowest BCUT2D eigenvalue weighted by molar-refractivity contribution is -0.117. The number of likely N-dealkylation sites (tertiary alicyclic amines) is 1. The molecule has 0 saturated carbocycles. The Bertz CT molecular complexity index is 757. The van der Waals surface area contributed by atoms with E-state index in [-0.39, 0.29) is 5.91 Å². The van der Waals surface area contributed by atoms with Crippen molar-refractivity contribution in [3.63, 3.8) is 0 Å². The number of benzene rings is 1. The van der Waals surface area contributed by atoms with Crippen LogP contribution in [0.2, 0.25) is 0 Å². The zero-order valence-corrected chi connectivity index (χ0v) is 15.2. The number of nitrogens with two attached hydrogens (primary N) is 1. The van der Waals surface area contributed by atoms with Gasteiger partial charge in [-0.1, -0.05) is 29.8 Å². The molecule has 132 valence electrons. The molecule has 0 bridgehead atoms. The van der Waals surface area contributed by atoms with E-state index >= 15 is 0 Å². The van der Waals surface area contributed by atoms with Crippen molar-refractivity contribution in [2.24, 2.45) is 5.73 Å². The van der Waals surface area contributed by atoms with E-state index in [1.807, 2.05) is 6.92 Å². The number of hydrogen-bond donors (Lipinski definition) is 1. The van der Waals surface area contributed by atoms with Crippen LogP contribution in [0.25, 0.3) is 0 Å². The summed E-state index contributed by atoms with van der Waals surface area (Å²) in [7, 11) is 0. The quantitative estimate of drug-likeness (QED) is 0.878. The molecule has 2 N–H and O–H groups in total. The summed E-state index contributed by atoms with van der Waals surface area (Å²) in [6, 6.07) is 13.3. The second-order valence-electron chi connectivity index (χ2n) is 7.13. The number of amides is 1. The number of pyridine rings is 1. The average molecular weight is 337 g/mol. The van der Waals surface area contributed by atoms with Crippen LogP contribution in [0.4, 0.5) is 0 Å². The largest absolute Gasteiger partial charge is 0.370 e. The number of hydrogen-bond acceptors (Lipinski definition) is 3. The lowest BCUT2D eigenvalue weighted by atomic mass is 10.0. The monoisotopic (exact) mass is 337 g/mol. The summed E-state index contributed by atoms with van der Waals surface area (Å²) in [6.45, 7) is 6.22. The van der Waals surface area contributed by atoms with Gasteiger partial charge in [0, 0.05) is 18.7 Å². The summed E-state index contributed by atoms with van der Waals surface area (Å²) in [5.41, 5.74) is 11.3. The summed E-state index contributed by atoms with van der Waals surface area (Å²) in [5.74, 6) is -0.252. The second-order valence-corrected chi connectivity index (χ2v) is 7.13. The molecule has 1 amide bonds. The molecule has 1 aromatic carbocycles. The smallest absolute Gasteiger partial charge is 0.217 e. The summed E-state index contributed by atoms with van der Waals surface area (Å²) in [6.07, 6.45) is 3.41. The fourth-order valence-corrected chi connectivity index (χ4v) is 3.75. The fraction of sp³-hybridized carbons (Fsp3) is 0.429. The third-order valence-corrected chi connectivity index (χ3v) is 4.87. The minimum Gasteiger partial charge on any atom is -0.370 e. The molecule has 1 atom stereocenters. The fourth-order valence-electron chi connectivity index (χ4n) is 3.75. The Balaban J connectivity index is 1.78. The van der Waals surface area contributed by atoms with Gasteiger partial charge in [0.1, 0.15) is 0 Å². The van der Waals surface area contributed by atoms with Crippen molar-refractivity contribution in [2.75, 3.05) is 6.54 Å². The molecule has 2 heterocycles. The highest BCUT2D eigenvalue weighted by molar-refractivity contribution is 5.74. The number of rotatable bonds is 6. The van der Waals surface area contributed by atoms with Crippen LogP contribution < -0.4 is 5.73 Å². The number of aryl methyl sites for hydroxylation is 3. The molecule has 0 radical (unpaired) electrons. The normalized spacial score (nSPS) is 17.8. The van der Waals surface area contributed by atoms with Crippen LogP contribution in [0.5, 0.6) is 0 Å². The van der Waals surface area contributed by atoms with E-state index in [2.05, 4.69) is 48.2 Å². The van der Waals surface area contributed by atoms with Crippen LogP contribution in [0.15, 0.2) is 36.4 Å². The van der Waals surface area contributed by atoms with Gasteiger partial charge in [0.2, 0.25) is 5.91 Å². The van der Waals surface area contributed by atoms with Gasteiger partial charge in [-0.3, -0.25) is 14.7 Å². The van der Waals surface area contributed by atoms with Gasteiger partial charge in [-0.2, -0.15) is 0 Å². The molecule has 2 aromatic rings. The van der Waals surface area contributed by atoms with Crippen molar-refractivity contribution in [2.45, 2.75) is 52.1 Å². The number of carbonyl (C=O) groups is 1. The molecule has 1 unspecified atom stereocenters. The maximum atomic E-state index is 11.1. The van der Waals surface area contributed by atoms with Crippen molar-refractivity contribution in [1.29, 1.82) is 0 Å². The first-order valence-corrected chi connectivity index (χ1v) is 9.06. The first-order chi connectivity index (χ1) is 12.0. The molecule has 1 aromatic heterocycles.